The quantitative estimate of drug-likeness (QED) is 0.629. The predicted molar refractivity (Wildman–Crippen MR) is 47.0 cm³/mol. The van der Waals surface area contributed by atoms with E-state index in [0.29, 0.717) is 6.54 Å². The van der Waals surface area contributed by atoms with E-state index in [0.717, 1.165) is 19.6 Å². The molecule has 0 radical (unpaired) electrons. The fraction of sp³-hybridized carbons (Fsp3) is 1.00. The van der Waals surface area contributed by atoms with Crippen LogP contribution in [0, 0.1) is 0 Å². The average Bonchev–Trinajstić information content (AvgIpc) is 2.53. The first-order valence-electron chi connectivity index (χ1n) is 4.97. The summed E-state index contributed by atoms with van der Waals surface area (Å²) < 4.78 is 13.3. The van der Waals surface area contributed by atoms with Crippen molar-refractivity contribution in [3.63, 3.8) is 0 Å². The van der Waals surface area contributed by atoms with E-state index >= 15 is 0 Å². The Kier molecular flexibility index (Phi) is 2.61. The molecule has 2 fully saturated rings. The summed E-state index contributed by atoms with van der Waals surface area (Å²) in [6, 6.07) is 0.172. The van der Waals surface area contributed by atoms with Crippen LogP contribution in [-0.4, -0.2) is 43.3 Å². The Morgan fingerprint density at radius 3 is 2.42 bits per heavy atom. The highest BCUT2D eigenvalue weighted by atomic mass is 19.1. The predicted octanol–water partition coefficient (Wildman–Crippen LogP) is 0.782. The molecule has 0 spiro atoms. The molecule has 0 bridgehead atoms. The zero-order chi connectivity index (χ0) is 8.39. The molecule has 2 aliphatic heterocycles. The van der Waals surface area contributed by atoms with Crippen molar-refractivity contribution in [3.05, 3.63) is 0 Å². The fourth-order valence-corrected chi connectivity index (χ4v) is 2.24. The van der Waals surface area contributed by atoms with Gasteiger partial charge in [-0.3, -0.25) is 4.90 Å². The van der Waals surface area contributed by atoms with E-state index in [-0.39, 0.29) is 6.04 Å². The molecule has 12 heavy (non-hydrogen) atoms. The monoisotopic (exact) mass is 172 g/mol. The van der Waals surface area contributed by atoms with Crippen LogP contribution in [0.5, 0.6) is 0 Å². The van der Waals surface area contributed by atoms with Gasteiger partial charge in [0.15, 0.2) is 0 Å². The Hall–Kier alpha value is -0.150. The van der Waals surface area contributed by atoms with E-state index in [1.165, 1.54) is 19.3 Å². The molecule has 2 unspecified atom stereocenters. The molecule has 2 atom stereocenters. The van der Waals surface area contributed by atoms with Crippen molar-refractivity contribution in [2.24, 2.45) is 0 Å². The third-order valence-electron chi connectivity index (χ3n) is 2.97. The van der Waals surface area contributed by atoms with E-state index in [4.69, 9.17) is 0 Å². The summed E-state index contributed by atoms with van der Waals surface area (Å²) in [4.78, 5) is 2.31. The zero-order valence-corrected chi connectivity index (χ0v) is 7.43. The molecule has 0 aliphatic carbocycles. The van der Waals surface area contributed by atoms with Gasteiger partial charge in [-0.2, -0.15) is 0 Å². The van der Waals surface area contributed by atoms with Crippen molar-refractivity contribution in [2.75, 3.05) is 26.2 Å². The molecule has 2 saturated heterocycles. The van der Waals surface area contributed by atoms with E-state index in [1.807, 2.05) is 0 Å². The maximum atomic E-state index is 13.3. The number of hydrogen-bond acceptors (Lipinski definition) is 2. The molecular formula is C9H17FN2. The molecule has 70 valence electrons. The molecular weight excluding hydrogens is 155 g/mol. The van der Waals surface area contributed by atoms with Crippen molar-refractivity contribution in [1.29, 1.82) is 0 Å². The minimum atomic E-state index is -0.636. The van der Waals surface area contributed by atoms with Crippen LogP contribution >= 0.6 is 0 Å². The van der Waals surface area contributed by atoms with Crippen LogP contribution in [0.1, 0.15) is 19.3 Å². The third-order valence-corrected chi connectivity index (χ3v) is 2.97. The number of nitrogens with one attached hydrogen (secondary N) is 1. The lowest BCUT2D eigenvalue weighted by Crippen LogP contribution is -2.44. The SMILES string of the molecule is FC1CNCC1N1CCCCC1. The van der Waals surface area contributed by atoms with E-state index in [1.54, 1.807) is 0 Å². The minimum Gasteiger partial charge on any atom is -0.312 e. The zero-order valence-electron chi connectivity index (χ0n) is 7.43. The molecule has 0 aromatic heterocycles. The number of piperidine rings is 1. The van der Waals surface area contributed by atoms with Crippen molar-refractivity contribution >= 4 is 0 Å². The number of rotatable bonds is 1. The molecule has 0 saturated carbocycles. The van der Waals surface area contributed by atoms with Crippen LogP contribution in [0.2, 0.25) is 0 Å². The van der Waals surface area contributed by atoms with Gasteiger partial charge < -0.3 is 5.32 Å². The molecule has 0 aromatic rings. The Morgan fingerprint density at radius 1 is 1.08 bits per heavy atom. The number of nitrogens with zero attached hydrogens (tertiary/aromatic N) is 1. The van der Waals surface area contributed by atoms with Crippen molar-refractivity contribution in [3.8, 4) is 0 Å². The normalized spacial score (nSPS) is 38.8. The summed E-state index contributed by atoms with van der Waals surface area (Å²) in [5.41, 5.74) is 0. The van der Waals surface area contributed by atoms with E-state index in [9.17, 15) is 4.39 Å². The topological polar surface area (TPSA) is 15.3 Å². The smallest absolute Gasteiger partial charge is 0.129 e. The Labute approximate surface area is 73.1 Å². The largest absolute Gasteiger partial charge is 0.312 e. The van der Waals surface area contributed by atoms with Crippen LogP contribution in [0.25, 0.3) is 0 Å². The summed E-state index contributed by atoms with van der Waals surface area (Å²) in [5.74, 6) is 0. The lowest BCUT2D eigenvalue weighted by molar-refractivity contribution is 0.121. The second-order valence-electron chi connectivity index (χ2n) is 3.84. The number of hydrogen-bond donors (Lipinski definition) is 1. The Bertz CT molecular complexity index is 145. The van der Waals surface area contributed by atoms with Crippen molar-refractivity contribution in [1.82, 2.24) is 10.2 Å². The van der Waals surface area contributed by atoms with Gasteiger partial charge in [0.25, 0.3) is 0 Å². The standard InChI is InChI=1S/C9H17FN2/c10-8-6-11-7-9(8)12-4-2-1-3-5-12/h8-9,11H,1-7H2. The lowest BCUT2D eigenvalue weighted by atomic mass is 10.1. The van der Waals surface area contributed by atoms with E-state index in [2.05, 4.69) is 10.2 Å². The van der Waals surface area contributed by atoms with Crippen molar-refractivity contribution < 1.29 is 4.39 Å². The van der Waals surface area contributed by atoms with Gasteiger partial charge in [0.2, 0.25) is 0 Å². The molecule has 2 aliphatic rings. The molecule has 2 nitrogen and oxygen atoms in total. The van der Waals surface area contributed by atoms with Gasteiger partial charge in [0.05, 0.1) is 6.04 Å². The number of halogens is 1. The molecule has 0 amide bonds. The Balaban J connectivity index is 1.89. The van der Waals surface area contributed by atoms with Gasteiger partial charge in [0, 0.05) is 13.1 Å². The maximum absolute atomic E-state index is 13.3. The molecule has 1 N–H and O–H groups in total. The van der Waals surface area contributed by atoms with Crippen LogP contribution < -0.4 is 5.32 Å². The number of likely N-dealkylation sites (tertiary alicyclic amines) is 1. The molecule has 2 rings (SSSR count). The van der Waals surface area contributed by atoms with Gasteiger partial charge in [-0.1, -0.05) is 6.42 Å². The lowest BCUT2D eigenvalue weighted by Gasteiger charge is -2.32. The van der Waals surface area contributed by atoms with Gasteiger partial charge in [0.1, 0.15) is 6.17 Å². The second kappa shape index (κ2) is 3.71. The summed E-state index contributed by atoms with van der Waals surface area (Å²) in [7, 11) is 0. The fourth-order valence-electron chi connectivity index (χ4n) is 2.24. The first-order valence-corrected chi connectivity index (χ1v) is 4.97. The minimum absolute atomic E-state index is 0.172. The highest BCUT2D eigenvalue weighted by molar-refractivity contribution is 4.89. The average molecular weight is 172 g/mol. The highest BCUT2D eigenvalue weighted by Crippen LogP contribution is 2.17. The Morgan fingerprint density at radius 2 is 1.83 bits per heavy atom. The maximum Gasteiger partial charge on any atom is 0.129 e. The van der Waals surface area contributed by atoms with Crippen molar-refractivity contribution in [2.45, 2.75) is 31.5 Å². The van der Waals surface area contributed by atoms with Gasteiger partial charge >= 0.3 is 0 Å². The van der Waals surface area contributed by atoms with E-state index < -0.39 is 6.17 Å². The summed E-state index contributed by atoms with van der Waals surface area (Å²) in [6.07, 6.45) is 3.20. The first-order chi connectivity index (χ1) is 5.88. The first kappa shape index (κ1) is 8.45. The summed E-state index contributed by atoms with van der Waals surface area (Å²) in [6.45, 7) is 3.61. The van der Waals surface area contributed by atoms with Gasteiger partial charge in [-0.05, 0) is 25.9 Å². The van der Waals surface area contributed by atoms with Crippen LogP contribution in [0.15, 0.2) is 0 Å². The molecule has 3 heteroatoms. The second-order valence-corrected chi connectivity index (χ2v) is 3.84. The molecule has 2 heterocycles. The van der Waals surface area contributed by atoms with Crippen LogP contribution in [0.3, 0.4) is 0 Å². The van der Waals surface area contributed by atoms with Crippen LogP contribution in [-0.2, 0) is 0 Å². The summed E-state index contributed by atoms with van der Waals surface area (Å²) >= 11 is 0. The van der Waals surface area contributed by atoms with Gasteiger partial charge in [-0.15, -0.1) is 0 Å². The molecule has 0 aromatic carbocycles. The van der Waals surface area contributed by atoms with Gasteiger partial charge in [-0.25, -0.2) is 4.39 Å². The number of alkyl halides is 1. The third kappa shape index (κ3) is 1.62. The highest BCUT2D eigenvalue weighted by Gasteiger charge is 2.32. The summed E-state index contributed by atoms with van der Waals surface area (Å²) in [5, 5.41) is 3.10. The van der Waals surface area contributed by atoms with Crippen LogP contribution in [0.4, 0.5) is 4.39 Å².